The van der Waals surface area contributed by atoms with Crippen molar-refractivity contribution in [3.05, 3.63) is 68.0 Å². The van der Waals surface area contributed by atoms with Gasteiger partial charge in [0.2, 0.25) is 0 Å². The summed E-state index contributed by atoms with van der Waals surface area (Å²) >= 11 is 15.6. The zero-order valence-corrected chi connectivity index (χ0v) is 18.9. The lowest BCUT2D eigenvalue weighted by Gasteiger charge is -2.23. The van der Waals surface area contributed by atoms with Gasteiger partial charge in [-0.25, -0.2) is 26.4 Å². The number of aryl methyl sites for hydroxylation is 1. The first-order chi connectivity index (χ1) is 14.1. The predicted molar refractivity (Wildman–Crippen MR) is 118 cm³/mol. The van der Waals surface area contributed by atoms with Crippen LogP contribution in [-0.4, -0.2) is 38.6 Å². The molecule has 2 amide bonds. The smallest absolute Gasteiger partial charge is 0.280 e. The van der Waals surface area contributed by atoms with Crippen LogP contribution < -0.4 is 16.7 Å². The molecule has 9 nitrogen and oxygen atoms in total. The Morgan fingerprint density at radius 2 is 1.87 bits per heavy atom. The van der Waals surface area contributed by atoms with Crippen LogP contribution in [0.25, 0.3) is 5.82 Å². The molecule has 0 fully saturated rings. The Kier molecular flexibility index (Phi) is 6.44. The molecule has 0 aliphatic carbocycles. The molecule has 0 unspecified atom stereocenters. The van der Waals surface area contributed by atoms with Crippen molar-refractivity contribution in [3.63, 3.8) is 0 Å². The summed E-state index contributed by atoms with van der Waals surface area (Å²) < 4.78 is 1.63. The maximum Gasteiger partial charge on any atom is 0.291 e. The Labute approximate surface area is 190 Å². The summed E-state index contributed by atoms with van der Waals surface area (Å²) in [5.41, 5.74) is 0.799. The Balaban J connectivity index is 2.13. The molecule has 0 aliphatic rings. The minimum atomic E-state index is -0.658. The van der Waals surface area contributed by atoms with Gasteiger partial charge < -0.3 is 0 Å². The van der Waals surface area contributed by atoms with E-state index < -0.39 is 11.8 Å². The van der Waals surface area contributed by atoms with E-state index in [1.807, 2.05) is 0 Å². The molecule has 30 heavy (non-hydrogen) atoms. The third kappa shape index (κ3) is 4.18. The summed E-state index contributed by atoms with van der Waals surface area (Å²) in [4.78, 5) is 30.0. The van der Waals surface area contributed by atoms with Gasteiger partial charge in [-0.05, 0) is 52.7 Å². The molecular weight excluding hydrogens is 497 g/mol. The summed E-state index contributed by atoms with van der Waals surface area (Å²) in [6.45, 7) is 1.67. The van der Waals surface area contributed by atoms with Gasteiger partial charge in [0.1, 0.15) is 10.3 Å². The molecule has 2 heterocycles. The number of carbonyl (C=O) groups is 2. The molecule has 0 radical (unpaired) electrons. The first-order valence-corrected chi connectivity index (χ1v) is 9.95. The van der Waals surface area contributed by atoms with E-state index >= 15 is 0 Å². The van der Waals surface area contributed by atoms with Gasteiger partial charge in [0.15, 0.2) is 5.82 Å². The average Bonchev–Trinajstić information content (AvgIpc) is 3.07. The first-order valence-electron chi connectivity index (χ1n) is 8.40. The lowest BCUT2D eigenvalue weighted by Crippen LogP contribution is -2.42. The van der Waals surface area contributed by atoms with E-state index in [9.17, 15) is 9.59 Å². The molecule has 0 atom stereocenters. The molecular formula is C18H16BrCl2N7O2. The second kappa shape index (κ2) is 8.70. The van der Waals surface area contributed by atoms with Gasteiger partial charge in [-0.2, -0.15) is 5.10 Å². The number of carbonyl (C=O) groups excluding carboxylic acids is 2. The first kappa shape index (κ1) is 22.2. The van der Waals surface area contributed by atoms with Crippen molar-refractivity contribution in [1.82, 2.24) is 19.8 Å². The second-order valence-corrected chi connectivity index (χ2v) is 7.94. The van der Waals surface area contributed by atoms with E-state index in [-0.39, 0.29) is 27.8 Å². The molecule has 4 N–H and O–H groups in total. The summed E-state index contributed by atoms with van der Waals surface area (Å²) in [6.07, 6.45) is 1.52. The lowest BCUT2D eigenvalue weighted by atomic mass is 10.1. The van der Waals surface area contributed by atoms with Crippen LogP contribution in [0.2, 0.25) is 10.0 Å². The van der Waals surface area contributed by atoms with Crippen molar-refractivity contribution in [1.29, 1.82) is 0 Å². The molecule has 0 saturated carbocycles. The van der Waals surface area contributed by atoms with Crippen LogP contribution in [0, 0.1) is 6.92 Å². The van der Waals surface area contributed by atoms with Gasteiger partial charge in [0, 0.05) is 24.3 Å². The molecule has 0 aliphatic heterocycles. The minimum absolute atomic E-state index is 0.0684. The number of rotatable bonds is 4. The maximum atomic E-state index is 13.3. The fraction of sp³-hybridized carbons (Fsp3) is 0.111. The number of amides is 2. The normalized spacial score (nSPS) is 10.8. The number of hydrogen-bond donors (Lipinski definition) is 2. The van der Waals surface area contributed by atoms with Gasteiger partial charge in [-0.1, -0.05) is 23.2 Å². The number of pyridine rings is 1. The maximum absolute atomic E-state index is 13.3. The minimum Gasteiger partial charge on any atom is -0.280 e. The largest absolute Gasteiger partial charge is 0.291 e. The number of anilines is 1. The Morgan fingerprint density at radius 3 is 2.50 bits per heavy atom. The third-order valence-electron chi connectivity index (χ3n) is 4.11. The number of nitrogens with zero attached hydrogens (tertiary/aromatic N) is 5. The highest BCUT2D eigenvalue weighted by atomic mass is 79.9. The summed E-state index contributed by atoms with van der Waals surface area (Å²) in [5.74, 6) is 10.8. The van der Waals surface area contributed by atoms with Crippen LogP contribution in [0.3, 0.4) is 0 Å². The number of aromatic nitrogens is 3. The monoisotopic (exact) mass is 511 g/mol. The molecule has 0 bridgehead atoms. The van der Waals surface area contributed by atoms with E-state index in [4.69, 9.17) is 34.9 Å². The molecule has 0 spiro atoms. The Bertz CT molecular complexity index is 1150. The van der Waals surface area contributed by atoms with Gasteiger partial charge in [-0.3, -0.25) is 14.6 Å². The topological polar surface area (TPSA) is 123 Å². The molecule has 2 aromatic heterocycles. The zero-order chi connectivity index (χ0) is 22.2. The highest BCUT2D eigenvalue weighted by molar-refractivity contribution is 9.10. The number of hydrogen-bond acceptors (Lipinski definition) is 6. The van der Waals surface area contributed by atoms with Crippen molar-refractivity contribution < 1.29 is 9.59 Å². The summed E-state index contributed by atoms with van der Waals surface area (Å²) in [7, 11) is 1.38. The quantitative estimate of drug-likeness (QED) is 0.314. The van der Waals surface area contributed by atoms with Crippen molar-refractivity contribution in [3.8, 4) is 5.82 Å². The van der Waals surface area contributed by atoms with E-state index in [1.54, 1.807) is 25.1 Å². The molecule has 1 aromatic carbocycles. The third-order valence-corrected chi connectivity index (χ3v) is 5.01. The SMILES string of the molecule is Cc1cc(Cl)cc(C(=O)N(C)N)c1N(N)C(=O)c1cc(Br)nn1-c1ncccc1Cl. The van der Waals surface area contributed by atoms with Gasteiger partial charge in [0.05, 0.1) is 16.3 Å². The van der Waals surface area contributed by atoms with Gasteiger partial charge >= 0.3 is 0 Å². The van der Waals surface area contributed by atoms with E-state index in [0.29, 0.717) is 15.2 Å². The fourth-order valence-electron chi connectivity index (χ4n) is 2.83. The highest BCUT2D eigenvalue weighted by Gasteiger charge is 2.28. The van der Waals surface area contributed by atoms with Crippen molar-refractivity contribution in [2.75, 3.05) is 12.1 Å². The number of hydrazine groups is 2. The average molecular weight is 513 g/mol. The summed E-state index contributed by atoms with van der Waals surface area (Å²) in [6, 6.07) is 7.71. The van der Waals surface area contributed by atoms with E-state index in [1.165, 1.54) is 30.1 Å². The molecule has 156 valence electrons. The molecule has 0 saturated heterocycles. The highest BCUT2D eigenvalue weighted by Crippen LogP contribution is 2.30. The van der Waals surface area contributed by atoms with Gasteiger partial charge in [0.25, 0.3) is 11.8 Å². The van der Waals surface area contributed by atoms with Crippen LogP contribution in [0.4, 0.5) is 5.69 Å². The number of nitrogens with two attached hydrogens (primary N) is 2. The van der Waals surface area contributed by atoms with Crippen LogP contribution >= 0.6 is 39.1 Å². The van der Waals surface area contributed by atoms with E-state index in [2.05, 4.69) is 26.0 Å². The van der Waals surface area contributed by atoms with E-state index in [0.717, 1.165) is 10.0 Å². The van der Waals surface area contributed by atoms with Crippen LogP contribution in [0.1, 0.15) is 26.4 Å². The fourth-order valence-corrected chi connectivity index (χ4v) is 3.68. The standard InChI is InChI=1S/C18H16BrCl2N7O2/c1-9-6-10(20)7-11(17(29)26(2)22)15(9)27(23)18(30)13-8-14(19)25-28(13)16-12(21)4-3-5-24-16/h3-8H,22-23H2,1-2H3. The van der Waals surface area contributed by atoms with Crippen molar-refractivity contribution in [2.24, 2.45) is 11.7 Å². The predicted octanol–water partition coefficient (Wildman–Crippen LogP) is 3.11. The zero-order valence-electron chi connectivity index (χ0n) is 15.8. The Hall–Kier alpha value is -2.50. The van der Waals surface area contributed by atoms with Crippen LogP contribution in [0.5, 0.6) is 0 Å². The van der Waals surface area contributed by atoms with Gasteiger partial charge in [-0.15, -0.1) is 0 Å². The lowest BCUT2D eigenvalue weighted by molar-refractivity contribution is 0.0795. The molecule has 3 aromatic rings. The number of benzene rings is 1. The second-order valence-electron chi connectivity index (χ2n) is 6.28. The summed E-state index contributed by atoms with van der Waals surface area (Å²) in [5, 5.41) is 6.54. The molecule has 12 heteroatoms. The Morgan fingerprint density at radius 1 is 1.17 bits per heavy atom. The number of halogens is 3. The van der Waals surface area contributed by atoms with Crippen LogP contribution in [0.15, 0.2) is 41.1 Å². The van der Waals surface area contributed by atoms with Crippen LogP contribution in [-0.2, 0) is 0 Å². The van der Waals surface area contributed by atoms with Crippen molar-refractivity contribution >= 4 is 56.6 Å². The molecule has 3 rings (SSSR count). The van der Waals surface area contributed by atoms with Crippen molar-refractivity contribution in [2.45, 2.75) is 6.92 Å².